The zero-order valence-corrected chi connectivity index (χ0v) is 15.9. The smallest absolute Gasteiger partial charge is 0.214 e. The van der Waals surface area contributed by atoms with Crippen molar-refractivity contribution in [3.05, 3.63) is 0 Å². The predicted molar refractivity (Wildman–Crippen MR) is 89.5 cm³/mol. The molecular formula is C15H25BrN2O3S. The van der Waals surface area contributed by atoms with E-state index in [0.29, 0.717) is 13.1 Å². The van der Waals surface area contributed by atoms with E-state index in [1.54, 1.807) is 4.31 Å². The van der Waals surface area contributed by atoms with Gasteiger partial charge in [-0.05, 0) is 31.2 Å². The minimum absolute atomic E-state index is 0.0960. The molecule has 1 saturated heterocycles. The average molecular weight is 393 g/mol. The lowest BCUT2D eigenvalue weighted by atomic mass is 9.70. The first-order chi connectivity index (χ1) is 10.1. The monoisotopic (exact) mass is 392 g/mol. The predicted octanol–water partition coefficient (Wildman–Crippen LogP) is 1.33. The van der Waals surface area contributed by atoms with Crippen molar-refractivity contribution >= 4 is 31.7 Å². The maximum atomic E-state index is 12.9. The highest BCUT2D eigenvalue weighted by atomic mass is 79.9. The van der Waals surface area contributed by atoms with Gasteiger partial charge < -0.3 is 4.90 Å². The van der Waals surface area contributed by atoms with Gasteiger partial charge in [-0.15, -0.1) is 0 Å². The molecule has 0 aromatic carbocycles. The van der Waals surface area contributed by atoms with Crippen molar-refractivity contribution in [2.75, 3.05) is 39.0 Å². The molecule has 2 aliphatic carbocycles. The summed E-state index contributed by atoms with van der Waals surface area (Å²) in [6, 6.07) is 0. The molecule has 0 unspecified atom stereocenters. The van der Waals surface area contributed by atoms with Gasteiger partial charge in [0.1, 0.15) is 0 Å². The molecule has 2 saturated carbocycles. The van der Waals surface area contributed by atoms with Gasteiger partial charge in [0.25, 0.3) is 0 Å². The summed E-state index contributed by atoms with van der Waals surface area (Å²) in [5.74, 6) is 0.422. The van der Waals surface area contributed by atoms with E-state index in [1.807, 2.05) is 20.9 Å². The maximum absolute atomic E-state index is 12.9. The van der Waals surface area contributed by atoms with Gasteiger partial charge in [-0.2, -0.15) is 4.31 Å². The van der Waals surface area contributed by atoms with Crippen LogP contribution in [0.15, 0.2) is 0 Å². The highest BCUT2D eigenvalue weighted by molar-refractivity contribution is 9.10. The summed E-state index contributed by atoms with van der Waals surface area (Å²) < 4.78 is 27.4. The molecule has 0 N–H and O–H groups in total. The summed E-state index contributed by atoms with van der Waals surface area (Å²) in [5, 5.41) is 0. The third kappa shape index (κ3) is 2.23. The summed E-state index contributed by atoms with van der Waals surface area (Å²) in [7, 11) is -1.31. The van der Waals surface area contributed by atoms with Gasteiger partial charge in [0, 0.05) is 31.6 Å². The van der Waals surface area contributed by atoms with Crippen molar-refractivity contribution in [2.45, 2.75) is 31.5 Å². The molecule has 3 fully saturated rings. The summed E-state index contributed by atoms with van der Waals surface area (Å²) in [6.45, 7) is 6.64. The van der Waals surface area contributed by atoms with Gasteiger partial charge >= 0.3 is 0 Å². The summed E-state index contributed by atoms with van der Waals surface area (Å²) in [4.78, 5) is 14.5. The van der Waals surface area contributed by atoms with E-state index >= 15 is 0 Å². The summed E-state index contributed by atoms with van der Waals surface area (Å²) in [6.07, 6.45) is 1.75. The number of carbonyl (C=O) groups is 1. The van der Waals surface area contributed by atoms with Gasteiger partial charge in [-0.25, -0.2) is 8.42 Å². The van der Waals surface area contributed by atoms with Crippen LogP contribution < -0.4 is 0 Å². The number of rotatable bonds is 3. The number of likely N-dealkylation sites (N-methyl/N-ethyl adjacent to an activating group) is 1. The molecule has 3 aliphatic rings. The van der Waals surface area contributed by atoms with E-state index in [2.05, 4.69) is 20.8 Å². The van der Waals surface area contributed by atoms with E-state index in [9.17, 15) is 13.2 Å². The Morgan fingerprint density at radius 2 is 1.82 bits per heavy atom. The molecule has 4 atom stereocenters. The topological polar surface area (TPSA) is 57.7 Å². The van der Waals surface area contributed by atoms with Crippen LogP contribution in [0.2, 0.25) is 0 Å². The number of nitrogens with zero attached hydrogens (tertiary/aromatic N) is 2. The van der Waals surface area contributed by atoms with Crippen molar-refractivity contribution in [3.8, 4) is 0 Å². The molecule has 7 heteroatoms. The number of halogens is 1. The van der Waals surface area contributed by atoms with Crippen LogP contribution in [0.3, 0.4) is 0 Å². The van der Waals surface area contributed by atoms with Crippen LogP contribution in [-0.2, 0) is 14.8 Å². The lowest BCUT2D eigenvalue weighted by molar-refractivity contribution is -0.127. The Morgan fingerprint density at radius 3 is 2.32 bits per heavy atom. The Bertz CT molecular complexity index is 588. The van der Waals surface area contributed by atoms with Gasteiger partial charge in [-0.3, -0.25) is 4.79 Å². The molecule has 0 amide bonds. The second-order valence-corrected chi connectivity index (χ2v) is 10.6. The average Bonchev–Trinajstić information content (AvgIpc) is 2.75. The number of hydrogen-bond acceptors (Lipinski definition) is 4. The molecule has 2 bridgehead atoms. The van der Waals surface area contributed by atoms with Crippen molar-refractivity contribution in [2.24, 2.45) is 16.7 Å². The van der Waals surface area contributed by atoms with Crippen LogP contribution in [-0.4, -0.2) is 67.2 Å². The number of ketones is 1. The lowest BCUT2D eigenvalue weighted by Crippen LogP contribution is -2.51. The summed E-state index contributed by atoms with van der Waals surface area (Å²) >= 11 is 3.52. The van der Waals surface area contributed by atoms with Crippen molar-refractivity contribution in [3.63, 3.8) is 0 Å². The third-order valence-corrected chi connectivity index (χ3v) is 9.69. The molecule has 3 rings (SSSR count). The summed E-state index contributed by atoms with van der Waals surface area (Å²) in [5.41, 5.74) is -0.966. The zero-order valence-electron chi connectivity index (χ0n) is 13.5. The van der Waals surface area contributed by atoms with Crippen LogP contribution in [0.25, 0.3) is 0 Å². The maximum Gasteiger partial charge on any atom is 0.214 e. The fourth-order valence-corrected chi connectivity index (χ4v) is 8.17. The molecule has 0 aromatic heterocycles. The Labute approximate surface area is 141 Å². The quantitative estimate of drug-likeness (QED) is 0.679. The van der Waals surface area contributed by atoms with Gasteiger partial charge in [0.05, 0.1) is 10.6 Å². The molecule has 1 aliphatic heterocycles. The zero-order chi connectivity index (χ0) is 16.3. The van der Waals surface area contributed by atoms with Crippen LogP contribution in [0, 0.1) is 16.7 Å². The molecule has 5 nitrogen and oxygen atoms in total. The molecule has 0 spiro atoms. The standard InChI is InChI=1S/C15H25BrN2O3S/c1-14-5-4-11(12(16)13(14)19)15(14,2)10-22(20,21)18-8-6-17(3)7-9-18/h11-12H,4-10H2,1-3H3/t11-,12-,14-,15+/m0/s1. The molecule has 1 heterocycles. The van der Waals surface area contributed by atoms with Gasteiger partial charge in [-0.1, -0.05) is 29.8 Å². The first-order valence-electron chi connectivity index (χ1n) is 7.97. The Kier molecular flexibility index (Phi) is 4.03. The van der Waals surface area contributed by atoms with Crippen molar-refractivity contribution < 1.29 is 13.2 Å². The van der Waals surface area contributed by atoms with Gasteiger partial charge in [0.2, 0.25) is 10.0 Å². The molecule has 126 valence electrons. The highest BCUT2D eigenvalue weighted by Gasteiger charge is 2.68. The van der Waals surface area contributed by atoms with Crippen molar-refractivity contribution in [1.29, 1.82) is 0 Å². The second-order valence-electron chi connectivity index (χ2n) is 7.62. The number of piperazine rings is 1. The van der Waals surface area contributed by atoms with Crippen LogP contribution in [0.4, 0.5) is 0 Å². The third-order valence-electron chi connectivity index (χ3n) is 6.52. The number of alkyl halides is 1. The fraction of sp³-hybridized carbons (Fsp3) is 0.933. The van der Waals surface area contributed by atoms with Crippen LogP contribution >= 0.6 is 15.9 Å². The number of hydrogen-bond donors (Lipinski definition) is 0. The Morgan fingerprint density at radius 1 is 1.23 bits per heavy atom. The number of Topliss-reactive ketones (excluding diaryl/α,β-unsaturated/α-hetero) is 1. The Balaban J connectivity index is 1.85. The first-order valence-corrected chi connectivity index (χ1v) is 10.5. The minimum Gasteiger partial charge on any atom is -0.304 e. The number of sulfonamides is 1. The van der Waals surface area contributed by atoms with E-state index in [4.69, 9.17) is 0 Å². The van der Waals surface area contributed by atoms with E-state index < -0.39 is 20.9 Å². The molecule has 0 radical (unpaired) electrons. The lowest BCUT2D eigenvalue weighted by Gasteiger charge is -2.39. The van der Waals surface area contributed by atoms with Crippen LogP contribution in [0.5, 0.6) is 0 Å². The highest BCUT2D eigenvalue weighted by Crippen LogP contribution is 2.65. The van der Waals surface area contributed by atoms with E-state index in [1.165, 1.54) is 0 Å². The van der Waals surface area contributed by atoms with E-state index in [0.717, 1.165) is 25.9 Å². The normalized spacial score (nSPS) is 43.9. The molecule has 0 aromatic rings. The largest absolute Gasteiger partial charge is 0.304 e. The van der Waals surface area contributed by atoms with Crippen molar-refractivity contribution in [1.82, 2.24) is 9.21 Å². The molecular weight excluding hydrogens is 368 g/mol. The Hall–Kier alpha value is 0.0200. The number of carbonyl (C=O) groups excluding carboxylic acids is 1. The number of fused-ring (bicyclic) bond motifs is 2. The minimum atomic E-state index is -3.33. The van der Waals surface area contributed by atoms with E-state index in [-0.39, 0.29) is 22.3 Å². The fourth-order valence-electron chi connectivity index (χ4n) is 4.62. The SMILES string of the molecule is CN1CCN(S(=O)(=O)C[C@]2(C)[C@H]3CC[C@@]2(C)C(=O)[C@H]3Br)CC1. The second kappa shape index (κ2) is 5.26. The first kappa shape index (κ1) is 16.9. The van der Waals surface area contributed by atoms with Gasteiger partial charge in [0.15, 0.2) is 5.78 Å². The van der Waals surface area contributed by atoms with Crippen LogP contribution in [0.1, 0.15) is 26.7 Å². The molecule has 22 heavy (non-hydrogen) atoms.